The van der Waals surface area contributed by atoms with Crippen LogP contribution >= 0.6 is 0 Å². The Bertz CT molecular complexity index is 1800. The molecule has 0 aliphatic heterocycles. The predicted molar refractivity (Wildman–Crippen MR) is 208 cm³/mol. The first-order valence-corrected chi connectivity index (χ1v) is 18.1. The van der Waals surface area contributed by atoms with E-state index in [0.717, 1.165) is 4.90 Å². The minimum atomic E-state index is -1.46. The third kappa shape index (κ3) is 12.0. The second-order valence-electron chi connectivity index (χ2n) is 13.8. The summed E-state index contributed by atoms with van der Waals surface area (Å²) < 4.78 is 0. The molecule has 57 heavy (non-hydrogen) atoms. The highest BCUT2D eigenvalue weighted by Crippen LogP contribution is 2.35. The van der Waals surface area contributed by atoms with E-state index in [2.05, 4.69) is 26.6 Å². The highest BCUT2D eigenvalue weighted by atomic mass is 16.3. The van der Waals surface area contributed by atoms with Crippen molar-refractivity contribution in [2.45, 2.75) is 79.8 Å². The molecule has 4 unspecified atom stereocenters. The lowest BCUT2D eigenvalue weighted by atomic mass is 9.89. The summed E-state index contributed by atoms with van der Waals surface area (Å²) >= 11 is 0. The molecule has 0 saturated heterocycles. The first-order chi connectivity index (χ1) is 26.6. The molecule has 6 amide bonds. The molecule has 0 bridgehead atoms. The number of amides is 6. The van der Waals surface area contributed by atoms with Gasteiger partial charge in [-0.3, -0.25) is 28.8 Å². The summed E-state index contributed by atoms with van der Waals surface area (Å²) in [6.07, 6.45) is -5.29. The number of hydrogen-bond donors (Lipinski definition) is 12. The average molecular weight is 805 g/mol. The van der Waals surface area contributed by atoms with Crippen LogP contribution < -0.4 is 31.5 Å². The van der Waals surface area contributed by atoms with Gasteiger partial charge in [0, 0.05) is 68.0 Å². The van der Waals surface area contributed by atoms with Gasteiger partial charge in [-0.15, -0.1) is 0 Å². The summed E-state index contributed by atoms with van der Waals surface area (Å²) in [7, 11) is 0. The maximum absolute atomic E-state index is 13.8. The molecule has 12 N–H and O–H groups in total. The number of hydrogen-bond acceptors (Lipinski definition) is 13. The van der Waals surface area contributed by atoms with E-state index >= 15 is 0 Å². The zero-order chi connectivity index (χ0) is 43.5. The Balaban J connectivity index is 2.60. The van der Waals surface area contributed by atoms with Crippen LogP contribution in [0.1, 0.15) is 88.7 Å². The van der Waals surface area contributed by atoms with Crippen molar-refractivity contribution >= 4 is 46.8 Å². The number of carbonyl (C=O) groups excluding carboxylic acids is 6. The van der Waals surface area contributed by atoms with Crippen molar-refractivity contribution in [2.75, 3.05) is 62.8 Å². The van der Waals surface area contributed by atoms with E-state index < -0.39 is 92.8 Å². The van der Waals surface area contributed by atoms with E-state index in [1.165, 1.54) is 41.5 Å². The van der Waals surface area contributed by atoms with Crippen molar-refractivity contribution < 1.29 is 64.5 Å². The fourth-order valence-corrected chi connectivity index (χ4v) is 6.60. The number of anilines is 2. The minimum Gasteiger partial charge on any atom is -0.394 e. The maximum atomic E-state index is 13.8. The molecule has 4 atom stereocenters. The number of nitrogens with zero attached hydrogens (tertiary/aromatic N) is 1. The molecule has 0 spiro atoms. The highest BCUT2D eigenvalue weighted by Gasteiger charge is 2.31. The molecule has 0 heterocycles. The Kier molecular flexibility index (Phi) is 18.1. The Morgan fingerprint density at radius 3 is 1.07 bits per heavy atom. The van der Waals surface area contributed by atoms with Gasteiger partial charge in [0.25, 0.3) is 23.6 Å². The molecule has 0 radical (unpaired) electrons. The quantitative estimate of drug-likeness (QED) is 0.0725. The van der Waals surface area contributed by atoms with Gasteiger partial charge in [-0.1, -0.05) is 0 Å². The Labute approximate surface area is 330 Å². The number of carbonyl (C=O) groups is 6. The third-order valence-electron chi connectivity index (χ3n) is 9.34. The second kappa shape index (κ2) is 21.5. The molecule has 0 aliphatic rings. The topological polar surface area (TPSA) is 307 Å². The van der Waals surface area contributed by atoms with Crippen LogP contribution in [0.5, 0.6) is 0 Å². The van der Waals surface area contributed by atoms with Gasteiger partial charge in [-0.25, -0.2) is 0 Å². The van der Waals surface area contributed by atoms with E-state index in [1.807, 2.05) is 0 Å². The van der Waals surface area contributed by atoms with Crippen molar-refractivity contribution in [1.82, 2.24) is 21.3 Å². The first-order valence-electron chi connectivity index (χ1n) is 18.1. The monoisotopic (exact) mass is 804 g/mol. The SMILES string of the molecule is CC(=O)Nc1c(C)c(C(=O)NCC(O)CO)c(C)c(C(=O)NCC(O)CN(C(C)=O)c2c(C)c(C(=O)NCC(O)CO)c(C)c(C(=O)NCC(O)CO)c2C)c1C. The second-order valence-corrected chi connectivity index (χ2v) is 13.8. The van der Waals surface area contributed by atoms with Gasteiger partial charge in [-0.2, -0.15) is 0 Å². The lowest BCUT2D eigenvalue weighted by Gasteiger charge is -2.31. The third-order valence-corrected chi connectivity index (χ3v) is 9.34. The first kappa shape index (κ1) is 48.1. The van der Waals surface area contributed by atoms with Crippen molar-refractivity contribution in [3.05, 3.63) is 55.6 Å². The predicted octanol–water partition coefficient (Wildman–Crippen LogP) is -2.11. The number of aliphatic hydroxyl groups excluding tert-OH is 7. The summed E-state index contributed by atoms with van der Waals surface area (Å²) in [6.45, 7) is 7.81. The summed E-state index contributed by atoms with van der Waals surface area (Å²) in [5.74, 6) is -4.03. The summed E-state index contributed by atoms with van der Waals surface area (Å²) in [4.78, 5) is 80.6. The van der Waals surface area contributed by atoms with Gasteiger partial charge < -0.3 is 67.2 Å². The lowest BCUT2D eigenvalue weighted by molar-refractivity contribution is -0.117. The molecule has 2 aromatic carbocycles. The summed E-state index contributed by atoms with van der Waals surface area (Å²) in [5.41, 5.74) is 1.68. The molecular weight excluding hydrogens is 748 g/mol. The normalized spacial score (nSPS) is 13.2. The van der Waals surface area contributed by atoms with E-state index in [1.54, 1.807) is 13.8 Å². The van der Waals surface area contributed by atoms with Crippen LogP contribution in [0.15, 0.2) is 0 Å². The van der Waals surface area contributed by atoms with Crippen LogP contribution in [0.25, 0.3) is 0 Å². The molecule has 19 heteroatoms. The van der Waals surface area contributed by atoms with Crippen molar-refractivity contribution in [3.8, 4) is 0 Å². The van der Waals surface area contributed by atoms with E-state index in [9.17, 15) is 59.4 Å². The molecule has 0 aliphatic carbocycles. The van der Waals surface area contributed by atoms with Crippen LogP contribution in [0, 0.1) is 41.5 Å². The molecule has 0 saturated carbocycles. The zero-order valence-corrected chi connectivity index (χ0v) is 33.5. The number of rotatable bonds is 19. The standard InChI is InChI=1S/C38H56N6O13/c1-17-29(19(3)33(43-23(7)48)20(4)30(17)36(55)40-10-26(51)14-45)35(54)39-9-25(50)13-44(24(8)49)34-21(5)31(37(56)41-11-27(52)15-46)18(2)32(22(34)6)38(57)42-12-28(53)16-47/h25-28,45-47,50-53H,9-16H2,1-8H3,(H,39,54)(H,40,55)(H,41,56)(H,42,57)(H,43,48). The van der Waals surface area contributed by atoms with Gasteiger partial charge in [0.1, 0.15) is 0 Å². The molecule has 0 aromatic heterocycles. The lowest BCUT2D eigenvalue weighted by Crippen LogP contribution is -2.43. The Hall–Kier alpha value is -5.02. The molecule has 2 rings (SSSR count). The Morgan fingerprint density at radius 2 is 0.789 bits per heavy atom. The van der Waals surface area contributed by atoms with E-state index in [-0.39, 0.29) is 75.5 Å². The fraction of sp³-hybridized carbons (Fsp3) is 0.526. The largest absolute Gasteiger partial charge is 0.394 e. The highest BCUT2D eigenvalue weighted by molar-refractivity contribution is 6.09. The van der Waals surface area contributed by atoms with Crippen molar-refractivity contribution in [2.24, 2.45) is 0 Å². The van der Waals surface area contributed by atoms with Gasteiger partial charge in [0.15, 0.2) is 0 Å². The van der Waals surface area contributed by atoms with Crippen molar-refractivity contribution in [1.29, 1.82) is 0 Å². The molecular formula is C38H56N6O13. The van der Waals surface area contributed by atoms with Crippen LogP contribution in [0.2, 0.25) is 0 Å². The summed E-state index contributed by atoms with van der Waals surface area (Å²) in [6, 6.07) is 0. The molecule has 0 fully saturated rings. The number of nitrogens with one attached hydrogen (secondary N) is 5. The Morgan fingerprint density at radius 1 is 0.491 bits per heavy atom. The van der Waals surface area contributed by atoms with Gasteiger partial charge in [-0.05, 0) is 74.9 Å². The van der Waals surface area contributed by atoms with E-state index in [0.29, 0.717) is 11.1 Å². The number of benzene rings is 2. The molecule has 2 aromatic rings. The van der Waals surface area contributed by atoms with E-state index in [4.69, 9.17) is 5.11 Å². The van der Waals surface area contributed by atoms with Gasteiger partial charge >= 0.3 is 0 Å². The van der Waals surface area contributed by atoms with Crippen molar-refractivity contribution in [3.63, 3.8) is 0 Å². The fourth-order valence-electron chi connectivity index (χ4n) is 6.60. The van der Waals surface area contributed by atoms with Crippen LogP contribution in [0.4, 0.5) is 11.4 Å². The summed E-state index contributed by atoms with van der Waals surface area (Å²) in [5, 5.41) is 81.1. The van der Waals surface area contributed by atoms with Crippen LogP contribution in [-0.4, -0.2) is 148 Å². The van der Waals surface area contributed by atoms with Crippen LogP contribution in [0.3, 0.4) is 0 Å². The van der Waals surface area contributed by atoms with Gasteiger partial charge in [0.2, 0.25) is 11.8 Å². The van der Waals surface area contributed by atoms with Gasteiger partial charge in [0.05, 0.1) is 56.5 Å². The smallest absolute Gasteiger partial charge is 0.252 e. The van der Waals surface area contributed by atoms with Crippen LogP contribution in [-0.2, 0) is 9.59 Å². The maximum Gasteiger partial charge on any atom is 0.252 e. The zero-order valence-electron chi connectivity index (χ0n) is 33.5. The molecule has 316 valence electrons. The minimum absolute atomic E-state index is 0.00185. The average Bonchev–Trinajstić information content (AvgIpc) is 3.14. The number of aliphatic hydroxyl groups is 7. The molecule has 19 nitrogen and oxygen atoms in total.